The molecule has 14 aromatic rings. The highest BCUT2D eigenvalue weighted by molar-refractivity contribution is 7.99. The number of hydrogen-bond donors (Lipinski definition) is 5. The van der Waals surface area contributed by atoms with E-state index in [0.717, 1.165) is 202 Å². The normalized spacial score (nSPS) is 10.8. The Morgan fingerprint density at radius 2 is 0.602 bits per heavy atom. The van der Waals surface area contributed by atoms with Crippen molar-refractivity contribution < 1.29 is 0 Å². The van der Waals surface area contributed by atoms with Crippen LogP contribution in [0.2, 0.25) is 15.1 Å². The fraction of sp³-hybridized carbons (Fsp3) is 0.365. The Morgan fingerprint density at radius 3 is 0.932 bits per heavy atom. The van der Waals surface area contributed by atoms with Crippen LogP contribution in [-0.2, 0) is 92.3 Å². The number of aromatic amines is 5. The van der Waals surface area contributed by atoms with Gasteiger partial charge in [0.05, 0.1) is 5.69 Å². The molecule has 37 heteroatoms. The number of H-pyrrole nitrogens is 5. The second-order valence-electron chi connectivity index (χ2n) is 30.4. The largest absolute Gasteiger partial charge is 0.301 e. The predicted molar refractivity (Wildman–Crippen MR) is 546 cm³/mol. The molecule has 0 aliphatic rings. The number of nitrogens with zero attached hydrogens (tertiary/aromatic N) is 17. The summed E-state index contributed by atoms with van der Waals surface area (Å²) in [6.07, 6.45) is 19.2. The van der Waals surface area contributed by atoms with E-state index < -0.39 is 0 Å². The zero-order chi connectivity index (χ0) is 96.8. The third kappa shape index (κ3) is 36.3. The predicted octanol–water partition coefficient (Wildman–Crippen LogP) is 21.1. The van der Waals surface area contributed by atoms with Gasteiger partial charge in [-0.1, -0.05) is 186 Å². The van der Waals surface area contributed by atoms with E-state index in [1.807, 2.05) is 125 Å². The summed E-state index contributed by atoms with van der Waals surface area (Å²) in [5.74, 6) is 5.52. The molecule has 14 rings (SSSR count). The Balaban J connectivity index is 0.000000191. The van der Waals surface area contributed by atoms with Gasteiger partial charge in [0.1, 0.15) is 0 Å². The van der Waals surface area contributed by atoms with Gasteiger partial charge in [0.2, 0.25) is 0 Å². The summed E-state index contributed by atoms with van der Waals surface area (Å²) >= 11 is 29.5. The SMILES string of the molecule is CCc1ccnc(CC)c1CSc1nc(C)cc(=O)[nH]1.CCc1ccnc(CC)c1CSc1nc(C)cc(=O)[nH]1.CCc1nccc(Cl)c1CSc1nc(C)cc(=O)[nH]1.CCc1nccc(Cl)c1CSc1nc(C)cc(C)n1.CCc1ncccc1CSc1nc(C)cc(=O)[nH]1.Cc1cc(=O)[nH]c(SCc2nn(C)cc2C)n1.Cc1cc(C)nc(SCc2c(Cl)ccnc2C(C)C)n1. The topological polar surface area (TPSA) is 375 Å². The lowest BCUT2D eigenvalue weighted by molar-refractivity contribution is 0.754. The van der Waals surface area contributed by atoms with Crippen LogP contribution >= 0.6 is 117 Å². The number of halogens is 3. The van der Waals surface area contributed by atoms with Crippen LogP contribution in [-0.4, -0.2) is 109 Å². The minimum atomic E-state index is -0.136. The summed E-state index contributed by atoms with van der Waals surface area (Å²) in [6.45, 7) is 38.0. The van der Waals surface area contributed by atoms with E-state index in [0.29, 0.717) is 53.9 Å². The molecule has 0 spiro atoms. The maximum atomic E-state index is 11.4. The van der Waals surface area contributed by atoms with Crippen LogP contribution in [0.3, 0.4) is 0 Å². The summed E-state index contributed by atoms with van der Waals surface area (Å²) in [5, 5.41) is 11.4. The molecule has 0 fully saturated rings. The molecule has 0 amide bonds. The fourth-order valence-corrected chi connectivity index (χ4v) is 21.0. The van der Waals surface area contributed by atoms with E-state index in [1.165, 1.54) is 93.4 Å². The standard InChI is InChI=1S/C15H18ClN3S.2C15H19N3OS.C14H16ClN3S.C13H14ClN3OS.C13H15N3OS.C11H14N4OS/c1-9(2)14-12(13(16)5-6-17-14)8-20-15-18-10(3)7-11(4)19-15;2*1-4-11-6-7-16-13(5-2)12(11)9-20-15-17-10(3)8-14(19)18-15;1-4-13-11(12(15)5-6-16-13)8-19-14-17-9(2)7-10(3)18-14;1-3-11-9(10(14)4-5-15-11)7-19-13-16-8(2)6-12(18)17-13;1-3-11-10(5-4-6-14-11)8-18-13-15-9(2)7-12(17)16-13;1-7-5-15(3)14-9(7)6-17-11-12-8(2)4-10(16)13-11/h5-7,9H,8H2,1-4H3;2*6-8H,4-5,9H2,1-3H3,(H,17,18,19);5-7H,4,8H2,1-3H3;4-6H,3,7H2,1-2H3,(H,16,17,18);4-7H,3,8H2,1-2H3,(H,15,16,17);4-5H,6H2,1-3H3,(H,12,13,16). The van der Waals surface area contributed by atoms with E-state index in [4.69, 9.17) is 34.8 Å². The monoisotopic (exact) mass is 1980 g/mol. The number of nitrogens with one attached hydrogen (secondary N) is 5. The lowest BCUT2D eigenvalue weighted by Crippen LogP contribution is -2.08. The molecule has 0 unspecified atom stereocenters. The summed E-state index contributed by atoms with van der Waals surface area (Å²) in [7, 11) is 1.90. The van der Waals surface area contributed by atoms with Gasteiger partial charge in [0.15, 0.2) is 36.1 Å². The van der Waals surface area contributed by atoms with E-state index in [2.05, 4.69) is 178 Å². The molecule has 0 saturated carbocycles. The average Bonchev–Trinajstić information content (AvgIpc) is 1.59. The average molecular weight is 1990 g/mol. The van der Waals surface area contributed by atoms with Crippen molar-refractivity contribution in [3.63, 3.8) is 0 Å². The molecule has 14 heterocycles. The third-order valence-corrected chi connectivity index (χ3v) is 26.7. The Hall–Kier alpha value is -10.0. The van der Waals surface area contributed by atoms with Gasteiger partial charge in [0.25, 0.3) is 27.8 Å². The maximum absolute atomic E-state index is 11.4. The third-order valence-electron chi connectivity index (χ3n) is 19.4. The summed E-state index contributed by atoms with van der Waals surface area (Å²) < 4.78 is 1.79. The Morgan fingerprint density at radius 1 is 0.308 bits per heavy atom. The van der Waals surface area contributed by atoms with Crippen molar-refractivity contribution in [3.05, 3.63) is 336 Å². The molecule has 0 radical (unpaired) electrons. The van der Waals surface area contributed by atoms with Gasteiger partial charge in [-0.15, -0.1) is 0 Å². The van der Waals surface area contributed by atoms with Crippen molar-refractivity contribution in [1.82, 2.24) is 109 Å². The minimum Gasteiger partial charge on any atom is -0.301 e. The van der Waals surface area contributed by atoms with Gasteiger partial charge < -0.3 is 24.9 Å². The highest BCUT2D eigenvalue weighted by Gasteiger charge is 2.18. The Labute approximate surface area is 822 Å². The molecular weight excluding hydrogens is 1870 g/mol. The van der Waals surface area contributed by atoms with Gasteiger partial charge in [-0.05, 0) is 202 Å². The number of hydrogen-bond acceptors (Lipinski definition) is 28. The van der Waals surface area contributed by atoms with E-state index in [1.54, 1.807) is 89.5 Å². The van der Waals surface area contributed by atoms with Crippen molar-refractivity contribution in [2.24, 2.45) is 7.05 Å². The van der Waals surface area contributed by atoms with Gasteiger partial charge >= 0.3 is 0 Å². The molecule has 0 atom stereocenters. The van der Waals surface area contributed by atoms with Crippen molar-refractivity contribution in [2.75, 3.05) is 0 Å². The molecule has 133 heavy (non-hydrogen) atoms. The number of thioether (sulfide) groups is 7. The number of pyridine rings is 6. The molecule has 0 aliphatic heterocycles. The highest BCUT2D eigenvalue weighted by Crippen LogP contribution is 2.34. The van der Waals surface area contributed by atoms with Crippen molar-refractivity contribution in [3.8, 4) is 0 Å². The summed E-state index contributed by atoms with van der Waals surface area (Å²) in [4.78, 5) is 136. The molecule has 702 valence electrons. The van der Waals surface area contributed by atoms with Crippen LogP contribution in [0.25, 0.3) is 0 Å². The van der Waals surface area contributed by atoms with Crippen LogP contribution in [0.1, 0.15) is 209 Å². The smallest absolute Gasteiger partial charge is 0.251 e. The summed E-state index contributed by atoms with van der Waals surface area (Å²) in [5.41, 5.74) is 25.2. The molecule has 0 saturated heterocycles. The lowest BCUT2D eigenvalue weighted by atomic mass is 10.0. The van der Waals surface area contributed by atoms with Crippen LogP contribution < -0.4 is 27.8 Å². The van der Waals surface area contributed by atoms with Gasteiger partial charge in [-0.25, -0.2) is 44.9 Å². The van der Waals surface area contributed by atoms with E-state index in [9.17, 15) is 24.0 Å². The molecule has 0 aliphatic carbocycles. The molecule has 0 bridgehead atoms. The first-order valence-corrected chi connectivity index (χ1v) is 51.4. The second kappa shape index (κ2) is 55.7. The van der Waals surface area contributed by atoms with Crippen LogP contribution in [0.4, 0.5) is 0 Å². The van der Waals surface area contributed by atoms with Gasteiger partial charge in [-0.2, -0.15) is 5.10 Å². The molecule has 5 N–H and O–H groups in total. The lowest BCUT2D eigenvalue weighted by Gasteiger charge is -2.12. The van der Waals surface area contributed by atoms with Crippen molar-refractivity contribution in [2.45, 2.75) is 259 Å². The molecular formula is C96H115Cl3N22O5S7. The zero-order valence-corrected chi connectivity index (χ0v) is 86.7. The number of aromatic nitrogens is 22. The van der Waals surface area contributed by atoms with Gasteiger partial charge in [0, 0.05) is 238 Å². The summed E-state index contributed by atoms with van der Waals surface area (Å²) in [6, 6.07) is 25.0. The Kier molecular flexibility index (Phi) is 45.4. The van der Waals surface area contributed by atoms with E-state index >= 15 is 0 Å². The zero-order valence-electron chi connectivity index (χ0n) is 78.7. The van der Waals surface area contributed by atoms with E-state index in [-0.39, 0.29) is 27.8 Å². The molecule has 27 nitrogen and oxygen atoms in total. The van der Waals surface area contributed by atoms with Gasteiger partial charge in [-0.3, -0.25) is 58.6 Å². The van der Waals surface area contributed by atoms with Crippen LogP contribution in [0, 0.1) is 69.2 Å². The second-order valence-corrected chi connectivity index (χ2v) is 38.3. The highest BCUT2D eigenvalue weighted by atomic mass is 35.5. The van der Waals surface area contributed by atoms with Crippen LogP contribution in [0.15, 0.2) is 188 Å². The minimum absolute atomic E-state index is 0.0994. The first-order chi connectivity index (χ1) is 63.7. The number of aryl methyl sites for hydroxylation is 18. The van der Waals surface area contributed by atoms with Crippen LogP contribution in [0.5, 0.6) is 0 Å². The molecule has 14 aromatic heterocycles. The molecule has 0 aromatic carbocycles. The first kappa shape index (κ1) is 108. The quantitative estimate of drug-likeness (QED) is 0.0215. The van der Waals surface area contributed by atoms with Crippen molar-refractivity contribution in [1.29, 1.82) is 0 Å². The Bertz CT molecular complexity index is 6300. The maximum Gasteiger partial charge on any atom is 0.251 e. The fourth-order valence-electron chi connectivity index (χ4n) is 13.2. The number of rotatable bonds is 29. The first-order valence-electron chi connectivity index (χ1n) is 43.3. The van der Waals surface area contributed by atoms with Crippen molar-refractivity contribution >= 4 is 117 Å².